The first-order chi connectivity index (χ1) is 10.2. The van der Waals surface area contributed by atoms with Crippen LogP contribution in [0.3, 0.4) is 0 Å². The maximum Gasteiger partial charge on any atom is 0.160 e. The molecule has 4 nitrogen and oxygen atoms in total. The highest BCUT2D eigenvalue weighted by atomic mass is 32.1. The minimum atomic E-state index is 0.404. The average Bonchev–Trinajstić information content (AvgIpc) is 3.00. The number of nitrogens with one attached hydrogen (secondary N) is 1. The predicted octanol–water partition coefficient (Wildman–Crippen LogP) is 2.92. The Morgan fingerprint density at radius 2 is 2.05 bits per heavy atom. The summed E-state index contributed by atoms with van der Waals surface area (Å²) in [4.78, 5) is 4.29. The van der Waals surface area contributed by atoms with Gasteiger partial charge in [-0.1, -0.05) is 6.07 Å². The summed E-state index contributed by atoms with van der Waals surface area (Å²) in [5.41, 5.74) is 4.27. The Bertz CT molecular complexity index is 543. The Kier molecular flexibility index (Phi) is 6.02. The van der Waals surface area contributed by atoms with Crippen LogP contribution in [-0.4, -0.2) is 31.8 Å². The Morgan fingerprint density at radius 1 is 1.24 bits per heavy atom. The van der Waals surface area contributed by atoms with Crippen LogP contribution in [0.25, 0.3) is 0 Å². The number of ether oxygens (including phenoxy) is 2. The van der Waals surface area contributed by atoms with Gasteiger partial charge in [-0.3, -0.25) is 0 Å². The molecule has 0 saturated carbocycles. The fourth-order valence-electron chi connectivity index (χ4n) is 2.24. The lowest BCUT2D eigenvalue weighted by Crippen LogP contribution is -2.30. The van der Waals surface area contributed by atoms with Crippen LogP contribution in [0.4, 0.5) is 0 Å². The van der Waals surface area contributed by atoms with E-state index in [0.29, 0.717) is 6.04 Å². The highest BCUT2D eigenvalue weighted by molar-refractivity contribution is 7.07. The maximum absolute atomic E-state index is 5.34. The van der Waals surface area contributed by atoms with E-state index in [9.17, 15) is 0 Å². The smallest absolute Gasteiger partial charge is 0.160 e. The van der Waals surface area contributed by atoms with Crippen molar-refractivity contribution in [2.45, 2.75) is 25.8 Å². The zero-order valence-corrected chi connectivity index (χ0v) is 13.6. The first kappa shape index (κ1) is 15.8. The van der Waals surface area contributed by atoms with Crippen LogP contribution >= 0.6 is 11.3 Å². The van der Waals surface area contributed by atoms with E-state index in [4.69, 9.17) is 9.47 Å². The van der Waals surface area contributed by atoms with Gasteiger partial charge >= 0.3 is 0 Å². The molecule has 0 amide bonds. The number of thiazole rings is 1. The minimum absolute atomic E-state index is 0.404. The summed E-state index contributed by atoms with van der Waals surface area (Å²) < 4.78 is 10.6. The third-order valence-corrected chi connectivity index (χ3v) is 3.98. The van der Waals surface area contributed by atoms with Gasteiger partial charge < -0.3 is 14.8 Å². The van der Waals surface area contributed by atoms with Crippen LogP contribution < -0.4 is 14.8 Å². The Labute approximate surface area is 130 Å². The average molecular weight is 306 g/mol. The second-order valence-corrected chi connectivity index (χ2v) is 5.70. The summed E-state index contributed by atoms with van der Waals surface area (Å²) in [7, 11) is 3.32. The standard InChI is InChI=1S/C16H22N2O2S/c1-12(17-7-6-14-10-21-11-18-14)8-13-4-5-15(19-2)16(9-13)20-3/h4-5,9-12,17H,6-8H2,1-3H3. The van der Waals surface area contributed by atoms with Crippen molar-refractivity contribution in [3.63, 3.8) is 0 Å². The van der Waals surface area contributed by atoms with Gasteiger partial charge in [0.2, 0.25) is 0 Å². The second-order valence-electron chi connectivity index (χ2n) is 4.98. The molecule has 0 fully saturated rings. The molecule has 0 aliphatic carbocycles. The number of rotatable bonds is 8. The normalized spacial score (nSPS) is 12.1. The molecule has 2 rings (SSSR count). The van der Waals surface area contributed by atoms with E-state index in [1.165, 1.54) is 5.56 Å². The molecule has 0 spiro atoms. The van der Waals surface area contributed by atoms with Crippen molar-refractivity contribution in [2.75, 3.05) is 20.8 Å². The van der Waals surface area contributed by atoms with Crippen LogP contribution in [-0.2, 0) is 12.8 Å². The van der Waals surface area contributed by atoms with Gasteiger partial charge in [-0.2, -0.15) is 0 Å². The van der Waals surface area contributed by atoms with Gasteiger partial charge in [0.05, 0.1) is 25.4 Å². The molecule has 0 saturated heterocycles. The van der Waals surface area contributed by atoms with E-state index in [-0.39, 0.29) is 0 Å². The molecule has 0 aliphatic rings. The number of methoxy groups -OCH3 is 2. The number of hydrogen-bond donors (Lipinski definition) is 1. The molecule has 0 aliphatic heterocycles. The van der Waals surface area contributed by atoms with Crippen LogP contribution in [0.2, 0.25) is 0 Å². The van der Waals surface area contributed by atoms with Crippen molar-refractivity contribution >= 4 is 11.3 Å². The zero-order valence-electron chi connectivity index (χ0n) is 12.8. The fraction of sp³-hybridized carbons (Fsp3) is 0.438. The predicted molar refractivity (Wildman–Crippen MR) is 86.5 cm³/mol. The number of nitrogens with zero attached hydrogens (tertiary/aromatic N) is 1. The summed E-state index contributed by atoms with van der Waals surface area (Å²) in [6.45, 7) is 3.13. The molecule has 0 radical (unpaired) electrons. The first-order valence-corrected chi connectivity index (χ1v) is 7.98. The third kappa shape index (κ3) is 4.72. The molecule has 114 valence electrons. The number of hydrogen-bond acceptors (Lipinski definition) is 5. The second kappa shape index (κ2) is 8.00. The van der Waals surface area contributed by atoms with E-state index in [1.807, 2.05) is 17.6 Å². The van der Waals surface area contributed by atoms with Gasteiger partial charge in [-0.15, -0.1) is 11.3 Å². The van der Waals surface area contributed by atoms with E-state index in [1.54, 1.807) is 25.6 Å². The summed E-state index contributed by atoms with van der Waals surface area (Å²) in [5, 5.41) is 5.63. The zero-order chi connectivity index (χ0) is 15.1. The van der Waals surface area contributed by atoms with Crippen molar-refractivity contribution in [1.82, 2.24) is 10.3 Å². The lowest BCUT2D eigenvalue weighted by atomic mass is 10.1. The largest absolute Gasteiger partial charge is 0.493 e. The van der Waals surface area contributed by atoms with Gasteiger partial charge in [-0.05, 0) is 31.0 Å². The molecule has 1 heterocycles. The maximum atomic E-state index is 5.34. The number of aromatic nitrogens is 1. The molecule has 21 heavy (non-hydrogen) atoms. The third-order valence-electron chi connectivity index (χ3n) is 3.35. The molecule has 0 bridgehead atoms. The van der Waals surface area contributed by atoms with Crippen LogP contribution in [0.15, 0.2) is 29.1 Å². The monoisotopic (exact) mass is 306 g/mol. The lowest BCUT2D eigenvalue weighted by Gasteiger charge is -2.15. The Hall–Kier alpha value is -1.59. The van der Waals surface area contributed by atoms with Crippen LogP contribution in [0.1, 0.15) is 18.2 Å². The molecule has 2 aromatic rings. The van der Waals surface area contributed by atoms with Crippen LogP contribution in [0.5, 0.6) is 11.5 Å². The summed E-state index contributed by atoms with van der Waals surface area (Å²) in [5.74, 6) is 1.55. The van der Waals surface area contributed by atoms with Gasteiger partial charge in [0.25, 0.3) is 0 Å². The summed E-state index contributed by atoms with van der Waals surface area (Å²) >= 11 is 1.64. The molecule has 1 aromatic heterocycles. The van der Waals surface area contributed by atoms with E-state index >= 15 is 0 Å². The van der Waals surface area contributed by atoms with E-state index in [0.717, 1.165) is 36.6 Å². The molecule has 1 atom stereocenters. The topological polar surface area (TPSA) is 43.4 Å². The van der Waals surface area contributed by atoms with Gasteiger partial charge in [-0.25, -0.2) is 4.98 Å². The molecule has 1 N–H and O–H groups in total. The van der Waals surface area contributed by atoms with Gasteiger partial charge in [0, 0.05) is 24.4 Å². The van der Waals surface area contributed by atoms with Gasteiger partial charge in [0.15, 0.2) is 11.5 Å². The summed E-state index contributed by atoms with van der Waals surface area (Å²) in [6, 6.07) is 6.48. The van der Waals surface area contributed by atoms with Crippen molar-refractivity contribution in [2.24, 2.45) is 0 Å². The highest BCUT2D eigenvalue weighted by Crippen LogP contribution is 2.27. The Morgan fingerprint density at radius 3 is 2.71 bits per heavy atom. The highest BCUT2D eigenvalue weighted by Gasteiger charge is 2.08. The van der Waals surface area contributed by atoms with Gasteiger partial charge in [0.1, 0.15) is 0 Å². The van der Waals surface area contributed by atoms with E-state index in [2.05, 4.69) is 28.7 Å². The molecule has 1 unspecified atom stereocenters. The van der Waals surface area contributed by atoms with Crippen molar-refractivity contribution in [3.8, 4) is 11.5 Å². The Balaban J connectivity index is 1.83. The molecule has 1 aromatic carbocycles. The van der Waals surface area contributed by atoms with Crippen molar-refractivity contribution in [3.05, 3.63) is 40.3 Å². The quantitative estimate of drug-likeness (QED) is 0.814. The molecular weight excluding hydrogens is 284 g/mol. The minimum Gasteiger partial charge on any atom is -0.493 e. The van der Waals surface area contributed by atoms with Crippen molar-refractivity contribution in [1.29, 1.82) is 0 Å². The molecule has 5 heteroatoms. The lowest BCUT2D eigenvalue weighted by molar-refractivity contribution is 0.354. The van der Waals surface area contributed by atoms with Crippen LogP contribution in [0, 0.1) is 0 Å². The molecular formula is C16H22N2O2S. The SMILES string of the molecule is COc1ccc(CC(C)NCCc2cscn2)cc1OC. The first-order valence-electron chi connectivity index (χ1n) is 7.04. The fourth-order valence-corrected chi connectivity index (χ4v) is 2.83. The summed E-state index contributed by atoms with van der Waals surface area (Å²) in [6.07, 6.45) is 1.93. The number of benzene rings is 1. The van der Waals surface area contributed by atoms with E-state index < -0.39 is 0 Å². The van der Waals surface area contributed by atoms with Crippen molar-refractivity contribution < 1.29 is 9.47 Å².